The van der Waals surface area contributed by atoms with E-state index in [0.717, 1.165) is 31.9 Å². The second kappa shape index (κ2) is 9.24. The topological polar surface area (TPSA) is 95.9 Å². The van der Waals surface area contributed by atoms with E-state index < -0.39 is 28.2 Å². The van der Waals surface area contributed by atoms with Crippen LogP contribution in [0, 0.1) is 0 Å². The lowest BCUT2D eigenvalue weighted by Crippen LogP contribution is -2.58. The van der Waals surface area contributed by atoms with Gasteiger partial charge in [-0.15, -0.1) is 0 Å². The van der Waals surface area contributed by atoms with Crippen LogP contribution in [-0.2, 0) is 14.8 Å². The highest BCUT2D eigenvalue weighted by Gasteiger charge is 2.36. The van der Waals surface area contributed by atoms with Gasteiger partial charge in [0.05, 0.1) is 25.0 Å². The molecule has 3 rings (SSSR count). The van der Waals surface area contributed by atoms with Crippen LogP contribution in [-0.4, -0.2) is 62.1 Å². The van der Waals surface area contributed by atoms with Gasteiger partial charge in [0.2, 0.25) is 10.0 Å². The summed E-state index contributed by atoms with van der Waals surface area (Å²) in [7, 11) is -3.41. The van der Waals surface area contributed by atoms with Crippen LogP contribution in [0.25, 0.3) is 0 Å². The Morgan fingerprint density at radius 3 is 2.46 bits per heavy atom. The van der Waals surface area contributed by atoms with E-state index in [1.54, 1.807) is 0 Å². The van der Waals surface area contributed by atoms with E-state index in [-0.39, 0.29) is 12.7 Å². The first-order valence-corrected chi connectivity index (χ1v) is 11.9. The summed E-state index contributed by atoms with van der Waals surface area (Å²) in [6.07, 6.45) is 5.39. The normalized spacial score (nSPS) is 28.8. The van der Waals surface area contributed by atoms with Gasteiger partial charge in [-0.2, -0.15) is 0 Å². The molecule has 0 radical (unpaired) electrons. The fourth-order valence-electron chi connectivity index (χ4n) is 4.44. The average Bonchev–Trinajstić information content (AvgIpc) is 2.66. The number of carbonyl (C=O) groups is 1. The molecular weight excluding hydrogens is 380 g/mol. The van der Waals surface area contributed by atoms with E-state index >= 15 is 0 Å². The molecule has 1 saturated carbocycles. The molecule has 7 nitrogen and oxygen atoms in total. The minimum atomic E-state index is -3.41. The maximum Gasteiger partial charge on any atom is 0.407 e. The molecule has 8 heteroatoms. The number of hydrogen-bond acceptors (Lipinski definition) is 4. The predicted molar refractivity (Wildman–Crippen MR) is 107 cm³/mol. The number of piperidine rings is 1. The van der Waals surface area contributed by atoms with E-state index in [4.69, 9.17) is 4.74 Å². The molecule has 1 saturated heterocycles. The molecule has 156 valence electrons. The molecule has 1 heterocycles. The van der Waals surface area contributed by atoms with Crippen molar-refractivity contribution in [1.82, 2.24) is 9.62 Å². The molecule has 1 aliphatic carbocycles. The summed E-state index contributed by atoms with van der Waals surface area (Å²) in [5.41, 5.74) is 1.36. The first-order valence-electron chi connectivity index (χ1n) is 9.97. The number of likely N-dealkylation sites (tertiary alicyclic amines) is 1. The number of nitrogens with zero attached hydrogens (tertiary/aromatic N) is 1. The van der Waals surface area contributed by atoms with Gasteiger partial charge in [-0.1, -0.05) is 30.3 Å². The van der Waals surface area contributed by atoms with Crippen LogP contribution in [0.15, 0.2) is 30.3 Å². The molecule has 1 aromatic rings. The van der Waals surface area contributed by atoms with Gasteiger partial charge in [-0.25, -0.2) is 17.9 Å². The van der Waals surface area contributed by atoms with Gasteiger partial charge < -0.3 is 14.7 Å². The molecule has 2 atom stereocenters. The number of rotatable bonds is 6. The molecule has 1 unspecified atom stereocenters. The Labute approximate surface area is 167 Å². The van der Waals surface area contributed by atoms with Gasteiger partial charge in [0.1, 0.15) is 0 Å². The van der Waals surface area contributed by atoms with Crippen molar-refractivity contribution < 1.29 is 23.1 Å². The van der Waals surface area contributed by atoms with E-state index in [1.807, 2.05) is 6.07 Å². The van der Waals surface area contributed by atoms with Crippen molar-refractivity contribution in [3.8, 4) is 0 Å². The Bertz CT molecular complexity index is 747. The highest BCUT2D eigenvalue weighted by atomic mass is 32.2. The smallest absolute Gasteiger partial charge is 0.407 e. The highest BCUT2D eigenvalue weighted by Crippen LogP contribution is 2.34. The summed E-state index contributed by atoms with van der Waals surface area (Å²) in [6.45, 7) is 0.631. The van der Waals surface area contributed by atoms with Crippen molar-refractivity contribution in [3.05, 3.63) is 35.9 Å². The lowest BCUT2D eigenvalue weighted by atomic mass is 9.83. The summed E-state index contributed by atoms with van der Waals surface area (Å²) in [6, 6.07) is 9.55. The van der Waals surface area contributed by atoms with Gasteiger partial charge in [-0.3, -0.25) is 0 Å². The molecule has 1 amide bonds. The third-order valence-electron chi connectivity index (χ3n) is 5.84. The Kier molecular flexibility index (Phi) is 6.95. The van der Waals surface area contributed by atoms with Gasteiger partial charge >= 0.3 is 6.09 Å². The monoisotopic (exact) mass is 410 g/mol. The van der Waals surface area contributed by atoms with E-state index in [1.165, 1.54) is 10.5 Å². The van der Waals surface area contributed by atoms with Crippen LogP contribution in [0.2, 0.25) is 0 Å². The van der Waals surface area contributed by atoms with E-state index in [2.05, 4.69) is 29.0 Å². The molecule has 0 aromatic heterocycles. The van der Waals surface area contributed by atoms with Crippen molar-refractivity contribution >= 4 is 16.1 Å². The van der Waals surface area contributed by atoms with Crippen LogP contribution in [0.3, 0.4) is 0 Å². The molecule has 2 N–H and O–H groups in total. The fourth-order valence-corrected chi connectivity index (χ4v) is 5.26. The molecule has 28 heavy (non-hydrogen) atoms. The maximum absolute atomic E-state index is 11.7. The Balaban J connectivity index is 1.57. The summed E-state index contributed by atoms with van der Waals surface area (Å²) in [5, 5.41) is 9.52. The standard InChI is InChI=1S/C20H30N2O5S/c1-28(25,26)21-18-8-5-13-22(20(23)24)19(18)14-27-17-11-9-16(10-12-17)15-6-3-2-4-7-15/h2-4,6-7,16-19,21H,5,8-14H2,1H3,(H,23,24)/t16-,17+,18?,19-/m1/s1. The molecular formula is C20H30N2O5S. The van der Waals surface area contributed by atoms with Gasteiger partial charge in [0.15, 0.2) is 0 Å². The Morgan fingerprint density at radius 1 is 1.18 bits per heavy atom. The number of nitrogens with one attached hydrogen (secondary N) is 1. The SMILES string of the molecule is CS(=O)(=O)NC1CCCN(C(=O)O)[C@@H]1CO[C@H]1CC[C@@H](c2ccccc2)CC1. The third kappa shape index (κ3) is 5.68. The molecule has 2 fully saturated rings. The largest absolute Gasteiger partial charge is 0.465 e. The van der Waals surface area contributed by atoms with Crippen LogP contribution < -0.4 is 4.72 Å². The predicted octanol–water partition coefficient (Wildman–Crippen LogP) is 2.79. The Morgan fingerprint density at radius 2 is 1.86 bits per heavy atom. The van der Waals surface area contributed by atoms with Crippen molar-refractivity contribution in [3.63, 3.8) is 0 Å². The minimum absolute atomic E-state index is 0.0939. The average molecular weight is 411 g/mol. The van der Waals surface area contributed by atoms with E-state index in [0.29, 0.717) is 25.3 Å². The third-order valence-corrected chi connectivity index (χ3v) is 6.57. The number of amides is 1. The van der Waals surface area contributed by atoms with Gasteiger partial charge in [0.25, 0.3) is 0 Å². The van der Waals surface area contributed by atoms with Crippen molar-refractivity contribution in [2.45, 2.75) is 62.6 Å². The molecule has 1 aromatic carbocycles. The van der Waals surface area contributed by atoms with Gasteiger partial charge in [0, 0.05) is 12.6 Å². The quantitative estimate of drug-likeness (QED) is 0.752. The molecule has 1 aliphatic heterocycles. The van der Waals surface area contributed by atoms with E-state index in [9.17, 15) is 18.3 Å². The number of sulfonamides is 1. The van der Waals surface area contributed by atoms with Crippen LogP contribution >= 0.6 is 0 Å². The zero-order valence-electron chi connectivity index (χ0n) is 16.3. The summed E-state index contributed by atoms with van der Waals surface area (Å²) < 4.78 is 32.0. The fraction of sp³-hybridized carbons (Fsp3) is 0.650. The maximum atomic E-state index is 11.7. The number of ether oxygens (including phenoxy) is 1. The molecule has 0 spiro atoms. The number of carboxylic acid groups (broad SMARTS) is 1. The van der Waals surface area contributed by atoms with Crippen molar-refractivity contribution in [2.24, 2.45) is 0 Å². The van der Waals surface area contributed by atoms with Crippen LogP contribution in [0.5, 0.6) is 0 Å². The van der Waals surface area contributed by atoms with Crippen LogP contribution in [0.4, 0.5) is 4.79 Å². The lowest BCUT2D eigenvalue weighted by Gasteiger charge is -2.40. The van der Waals surface area contributed by atoms with Crippen LogP contribution in [0.1, 0.15) is 50.0 Å². The van der Waals surface area contributed by atoms with Gasteiger partial charge in [-0.05, 0) is 50.0 Å². The molecule has 0 bridgehead atoms. The summed E-state index contributed by atoms with van der Waals surface area (Å²) in [4.78, 5) is 12.9. The lowest BCUT2D eigenvalue weighted by molar-refractivity contribution is -0.0226. The second-order valence-corrected chi connectivity index (χ2v) is 9.68. The summed E-state index contributed by atoms with van der Waals surface area (Å²) in [5.74, 6) is 0.547. The van der Waals surface area contributed by atoms with Crippen molar-refractivity contribution in [2.75, 3.05) is 19.4 Å². The minimum Gasteiger partial charge on any atom is -0.465 e. The number of benzene rings is 1. The highest BCUT2D eigenvalue weighted by molar-refractivity contribution is 7.88. The summed E-state index contributed by atoms with van der Waals surface area (Å²) >= 11 is 0. The Hall–Kier alpha value is -1.64. The molecule has 2 aliphatic rings. The first-order chi connectivity index (χ1) is 13.3. The number of hydrogen-bond donors (Lipinski definition) is 2. The first kappa shape index (κ1) is 21.1. The van der Waals surface area contributed by atoms with Crippen molar-refractivity contribution in [1.29, 1.82) is 0 Å². The zero-order chi connectivity index (χ0) is 20.1. The second-order valence-electron chi connectivity index (χ2n) is 7.90. The zero-order valence-corrected chi connectivity index (χ0v) is 17.1.